The molecule has 0 spiro atoms. The van der Waals surface area contributed by atoms with Gasteiger partial charge in [0.2, 0.25) is 5.91 Å². The van der Waals surface area contributed by atoms with Gasteiger partial charge in [-0.15, -0.1) is 0 Å². The molecule has 2 aromatic rings. The minimum absolute atomic E-state index is 0.0722. The number of hydrogen-bond donors (Lipinski definition) is 3. The molecule has 2 aromatic carbocycles. The molecule has 3 N–H and O–H groups in total. The van der Waals surface area contributed by atoms with E-state index in [-0.39, 0.29) is 17.7 Å². The number of para-hydroxylation sites is 2. The molecule has 0 aromatic heterocycles. The molecule has 8 nitrogen and oxygen atoms in total. The molecule has 1 aliphatic carbocycles. The Balaban J connectivity index is 2.05. The Kier molecular flexibility index (Phi) is 10.3. The summed E-state index contributed by atoms with van der Waals surface area (Å²) in [4.78, 5) is 42.7. The maximum Gasteiger partial charge on any atom is 0.408 e. The Morgan fingerprint density at radius 3 is 2.26 bits per heavy atom. The lowest BCUT2D eigenvalue weighted by Crippen LogP contribution is -2.57. The molecule has 0 aliphatic heterocycles. The normalized spacial score (nSPS) is 15.0. The Hall–Kier alpha value is -3.20. The Labute approximate surface area is 235 Å². The van der Waals surface area contributed by atoms with Gasteiger partial charge in [0.15, 0.2) is 0 Å². The van der Waals surface area contributed by atoms with Crippen LogP contribution in [-0.4, -0.2) is 57.6 Å². The maximum atomic E-state index is 14.3. The SMILES string of the molecule is CSCCC(NC(=O)OC(C)(C)C)C(=O)N(C1CCC1)C(C(=O)Nc1c(C)cccc1C)c1ccccc1O. The largest absolute Gasteiger partial charge is 0.508 e. The molecule has 3 amide bonds. The lowest BCUT2D eigenvalue weighted by molar-refractivity contribution is -0.145. The molecule has 0 bridgehead atoms. The van der Waals surface area contributed by atoms with Crippen LogP contribution >= 0.6 is 11.8 Å². The molecule has 1 aliphatic rings. The van der Waals surface area contributed by atoms with Gasteiger partial charge in [0.25, 0.3) is 5.91 Å². The number of hydrogen-bond acceptors (Lipinski definition) is 6. The molecular formula is C30H41N3O5S. The van der Waals surface area contributed by atoms with E-state index in [9.17, 15) is 19.5 Å². The number of carbonyl (C=O) groups excluding carboxylic acids is 3. The highest BCUT2D eigenvalue weighted by Crippen LogP contribution is 2.37. The fraction of sp³-hybridized carbons (Fsp3) is 0.500. The van der Waals surface area contributed by atoms with Gasteiger partial charge >= 0.3 is 6.09 Å². The van der Waals surface area contributed by atoms with Gasteiger partial charge in [0.05, 0.1) is 0 Å². The summed E-state index contributed by atoms with van der Waals surface area (Å²) in [6, 6.07) is 10.2. The van der Waals surface area contributed by atoms with Crippen molar-refractivity contribution in [1.29, 1.82) is 0 Å². The van der Waals surface area contributed by atoms with Crippen LogP contribution in [0.2, 0.25) is 0 Å². The molecule has 39 heavy (non-hydrogen) atoms. The van der Waals surface area contributed by atoms with E-state index in [2.05, 4.69) is 10.6 Å². The van der Waals surface area contributed by atoms with E-state index in [1.165, 1.54) is 6.07 Å². The van der Waals surface area contributed by atoms with E-state index in [1.807, 2.05) is 38.3 Å². The Morgan fingerprint density at radius 2 is 1.72 bits per heavy atom. The predicted octanol–water partition coefficient (Wildman–Crippen LogP) is 5.72. The number of phenols is 1. The zero-order chi connectivity index (χ0) is 28.7. The van der Waals surface area contributed by atoms with Crippen LogP contribution in [0, 0.1) is 13.8 Å². The summed E-state index contributed by atoms with van der Waals surface area (Å²) in [5, 5.41) is 16.6. The van der Waals surface area contributed by atoms with Crippen molar-refractivity contribution >= 4 is 35.4 Å². The van der Waals surface area contributed by atoms with Crippen LogP contribution in [0.3, 0.4) is 0 Å². The maximum absolute atomic E-state index is 14.3. The highest BCUT2D eigenvalue weighted by atomic mass is 32.2. The zero-order valence-electron chi connectivity index (χ0n) is 23.7. The van der Waals surface area contributed by atoms with Crippen molar-refractivity contribution in [2.75, 3.05) is 17.3 Å². The monoisotopic (exact) mass is 555 g/mol. The second kappa shape index (κ2) is 13.2. The molecule has 212 valence electrons. The standard InChI is InChI=1S/C30H41N3O5S/c1-19-11-9-12-20(2)25(19)32-27(35)26(22-15-7-8-16-24(22)34)33(21-13-10-14-21)28(36)23(17-18-39-6)31-29(37)38-30(3,4)5/h7-9,11-12,15-16,21,23,26,34H,10,13-14,17-18H2,1-6H3,(H,31,37)(H,32,35). The number of aromatic hydroxyl groups is 1. The third-order valence-electron chi connectivity index (χ3n) is 6.81. The van der Waals surface area contributed by atoms with Gasteiger partial charge in [-0.1, -0.05) is 36.4 Å². The highest BCUT2D eigenvalue weighted by molar-refractivity contribution is 7.98. The van der Waals surface area contributed by atoms with Gasteiger partial charge in [0.1, 0.15) is 23.4 Å². The van der Waals surface area contributed by atoms with Crippen molar-refractivity contribution in [3.05, 3.63) is 59.2 Å². The number of thioether (sulfide) groups is 1. The summed E-state index contributed by atoms with van der Waals surface area (Å²) in [6.45, 7) is 9.11. The fourth-order valence-electron chi connectivity index (χ4n) is 4.65. The molecular weight excluding hydrogens is 514 g/mol. The van der Waals surface area contributed by atoms with Crippen LogP contribution in [0.5, 0.6) is 5.75 Å². The molecule has 3 rings (SSSR count). The first kappa shape index (κ1) is 30.3. The van der Waals surface area contributed by atoms with Crippen LogP contribution in [0.15, 0.2) is 42.5 Å². The number of alkyl carbamates (subject to hydrolysis) is 1. The third kappa shape index (κ3) is 7.91. The van der Waals surface area contributed by atoms with Gasteiger partial charge < -0.3 is 25.4 Å². The summed E-state index contributed by atoms with van der Waals surface area (Å²) in [7, 11) is 0. The smallest absolute Gasteiger partial charge is 0.408 e. The Bertz CT molecular complexity index is 1160. The number of phenolic OH excluding ortho intramolecular Hbond substituents is 1. The van der Waals surface area contributed by atoms with Crippen LogP contribution in [0.4, 0.5) is 10.5 Å². The highest BCUT2D eigenvalue weighted by Gasteiger charge is 2.42. The van der Waals surface area contributed by atoms with Crippen molar-refractivity contribution in [3.63, 3.8) is 0 Å². The average Bonchev–Trinajstić information content (AvgIpc) is 2.82. The second-order valence-electron chi connectivity index (χ2n) is 11.0. The number of benzene rings is 2. The third-order valence-corrected chi connectivity index (χ3v) is 7.45. The number of ether oxygens (including phenoxy) is 1. The van der Waals surface area contributed by atoms with E-state index in [4.69, 9.17) is 4.74 Å². The first-order valence-electron chi connectivity index (χ1n) is 13.4. The first-order valence-corrected chi connectivity index (χ1v) is 14.8. The van der Waals surface area contributed by atoms with Gasteiger partial charge in [0, 0.05) is 17.3 Å². The van der Waals surface area contributed by atoms with E-state index in [0.717, 1.165) is 30.4 Å². The molecule has 1 fully saturated rings. The van der Waals surface area contributed by atoms with E-state index in [1.54, 1.807) is 55.6 Å². The number of nitrogens with one attached hydrogen (secondary N) is 2. The van der Waals surface area contributed by atoms with E-state index < -0.39 is 29.7 Å². The number of amides is 3. The van der Waals surface area contributed by atoms with Gasteiger partial charge in [-0.3, -0.25) is 9.59 Å². The number of nitrogens with zero attached hydrogens (tertiary/aromatic N) is 1. The van der Waals surface area contributed by atoms with Crippen LogP contribution < -0.4 is 10.6 Å². The minimum atomic E-state index is -1.10. The summed E-state index contributed by atoms with van der Waals surface area (Å²) < 4.78 is 5.45. The molecule has 2 atom stereocenters. The fourth-order valence-corrected chi connectivity index (χ4v) is 5.12. The van der Waals surface area contributed by atoms with Gasteiger partial charge in [-0.25, -0.2) is 4.79 Å². The van der Waals surface area contributed by atoms with Crippen molar-refractivity contribution in [2.45, 2.75) is 84.0 Å². The molecule has 2 unspecified atom stereocenters. The van der Waals surface area contributed by atoms with Crippen LogP contribution in [0.1, 0.15) is 69.2 Å². The lowest BCUT2D eigenvalue weighted by atomic mass is 9.87. The molecule has 9 heteroatoms. The number of anilines is 1. The minimum Gasteiger partial charge on any atom is -0.508 e. The number of aryl methyl sites for hydroxylation is 2. The number of rotatable bonds is 10. The quantitative estimate of drug-likeness (QED) is 0.346. The topological polar surface area (TPSA) is 108 Å². The van der Waals surface area contributed by atoms with Crippen molar-refractivity contribution < 1.29 is 24.2 Å². The summed E-state index contributed by atoms with van der Waals surface area (Å²) in [5.41, 5.74) is 2.07. The van der Waals surface area contributed by atoms with Crippen LogP contribution in [-0.2, 0) is 14.3 Å². The molecule has 0 radical (unpaired) electrons. The zero-order valence-corrected chi connectivity index (χ0v) is 24.6. The number of carbonyl (C=O) groups is 3. The van der Waals surface area contributed by atoms with Crippen molar-refractivity contribution in [3.8, 4) is 5.75 Å². The predicted molar refractivity (Wildman–Crippen MR) is 156 cm³/mol. The van der Waals surface area contributed by atoms with Crippen LogP contribution in [0.25, 0.3) is 0 Å². The van der Waals surface area contributed by atoms with E-state index >= 15 is 0 Å². The summed E-state index contributed by atoms with van der Waals surface area (Å²) >= 11 is 1.56. The summed E-state index contributed by atoms with van der Waals surface area (Å²) in [5.74, 6) is -0.239. The summed E-state index contributed by atoms with van der Waals surface area (Å²) in [6.07, 6.45) is 4.00. The molecule has 0 saturated heterocycles. The molecule has 1 saturated carbocycles. The Morgan fingerprint density at radius 1 is 1.08 bits per heavy atom. The first-order chi connectivity index (χ1) is 18.4. The molecule has 0 heterocycles. The average molecular weight is 556 g/mol. The van der Waals surface area contributed by atoms with Crippen molar-refractivity contribution in [1.82, 2.24) is 10.2 Å². The van der Waals surface area contributed by atoms with E-state index in [0.29, 0.717) is 23.4 Å². The van der Waals surface area contributed by atoms with Crippen molar-refractivity contribution in [2.24, 2.45) is 0 Å². The van der Waals surface area contributed by atoms with Gasteiger partial charge in [-0.05, 0) is 89.5 Å². The lowest BCUT2D eigenvalue weighted by Gasteiger charge is -2.43. The van der Waals surface area contributed by atoms with Gasteiger partial charge in [-0.2, -0.15) is 11.8 Å². The second-order valence-corrected chi connectivity index (χ2v) is 12.0.